The molecule has 2 aliphatic carbocycles. The van der Waals surface area contributed by atoms with Crippen LogP contribution in [0.1, 0.15) is 44.5 Å². The highest BCUT2D eigenvalue weighted by molar-refractivity contribution is 6.00. The van der Waals surface area contributed by atoms with E-state index in [0.717, 1.165) is 22.6 Å². The number of rotatable bonds is 3. The molecule has 0 saturated heterocycles. The van der Waals surface area contributed by atoms with Gasteiger partial charge in [-0.3, -0.25) is 0 Å². The van der Waals surface area contributed by atoms with Crippen molar-refractivity contribution in [2.75, 3.05) is 0 Å². The summed E-state index contributed by atoms with van der Waals surface area (Å²) in [5.74, 6) is 1.76. The zero-order chi connectivity index (χ0) is 36.1. The van der Waals surface area contributed by atoms with E-state index in [4.69, 9.17) is 4.74 Å². The molecule has 9 aromatic rings. The van der Waals surface area contributed by atoms with Gasteiger partial charge in [0.15, 0.2) is 0 Å². The molecule has 1 heterocycles. The molecule has 1 heteroatoms. The molecule has 9 aromatic carbocycles. The van der Waals surface area contributed by atoms with Crippen molar-refractivity contribution < 1.29 is 4.74 Å². The Morgan fingerprint density at radius 1 is 0.291 bits per heavy atom. The first-order chi connectivity index (χ1) is 27.3. The largest absolute Gasteiger partial charge is 0.457 e. The number of hydrogen-bond acceptors (Lipinski definition) is 1. The Bertz CT molecular complexity index is 2930. The average Bonchev–Trinajstić information content (AvgIpc) is 3.71. The van der Waals surface area contributed by atoms with Crippen molar-refractivity contribution in [2.24, 2.45) is 0 Å². The van der Waals surface area contributed by atoms with Gasteiger partial charge in [-0.2, -0.15) is 0 Å². The van der Waals surface area contributed by atoms with E-state index in [1.54, 1.807) is 0 Å². The normalized spacial score (nSPS) is 14.6. The first-order valence-corrected chi connectivity index (χ1v) is 19.2. The topological polar surface area (TPSA) is 9.23 Å². The number of ether oxygens (including phenoxy) is 1. The summed E-state index contributed by atoms with van der Waals surface area (Å²) >= 11 is 0. The van der Waals surface area contributed by atoms with Crippen molar-refractivity contribution >= 4 is 10.8 Å². The molecule has 0 N–H and O–H groups in total. The van der Waals surface area contributed by atoms with Crippen LogP contribution >= 0.6 is 0 Å². The first-order valence-electron chi connectivity index (χ1n) is 19.2. The maximum Gasteiger partial charge on any atom is 0.132 e. The third kappa shape index (κ3) is 3.92. The zero-order valence-corrected chi connectivity index (χ0v) is 30.0. The van der Waals surface area contributed by atoms with Crippen molar-refractivity contribution in [3.63, 3.8) is 0 Å². The summed E-state index contributed by atoms with van der Waals surface area (Å²) in [6.45, 7) is 0. The van der Waals surface area contributed by atoms with Gasteiger partial charge in [-0.15, -0.1) is 0 Å². The van der Waals surface area contributed by atoms with Gasteiger partial charge in [0, 0.05) is 11.1 Å². The first kappa shape index (κ1) is 30.5. The molecule has 0 bridgehead atoms. The molecule has 1 nitrogen and oxygen atoms in total. The molecular formula is C54H34O. The van der Waals surface area contributed by atoms with Crippen molar-refractivity contribution in [3.8, 4) is 44.9 Å². The van der Waals surface area contributed by atoms with Crippen LogP contribution < -0.4 is 4.74 Å². The molecule has 1 spiro atoms. The summed E-state index contributed by atoms with van der Waals surface area (Å²) in [6.07, 6.45) is 0. The Labute approximate surface area is 320 Å². The van der Waals surface area contributed by atoms with Crippen molar-refractivity contribution in [2.45, 2.75) is 10.8 Å². The van der Waals surface area contributed by atoms with Gasteiger partial charge < -0.3 is 4.74 Å². The van der Waals surface area contributed by atoms with Crippen LogP contribution in [0.2, 0.25) is 0 Å². The molecule has 256 valence electrons. The maximum absolute atomic E-state index is 6.91. The molecule has 3 aliphatic rings. The van der Waals surface area contributed by atoms with Crippen LogP contribution in [-0.2, 0) is 10.8 Å². The summed E-state index contributed by atoms with van der Waals surface area (Å²) in [5.41, 5.74) is 16.6. The van der Waals surface area contributed by atoms with Crippen LogP contribution in [-0.4, -0.2) is 0 Å². The lowest BCUT2D eigenvalue weighted by Crippen LogP contribution is -2.34. The fraction of sp³-hybridized carbons (Fsp3) is 0.0370. The Morgan fingerprint density at radius 2 is 0.800 bits per heavy atom. The summed E-state index contributed by atoms with van der Waals surface area (Å²) in [5, 5.41) is 2.52. The second-order valence-electron chi connectivity index (χ2n) is 15.1. The lowest BCUT2D eigenvalue weighted by Gasteiger charge is -2.42. The third-order valence-corrected chi connectivity index (χ3v) is 12.6. The summed E-state index contributed by atoms with van der Waals surface area (Å²) in [6, 6.07) is 76.2. The van der Waals surface area contributed by atoms with E-state index in [1.165, 1.54) is 77.5 Å². The van der Waals surface area contributed by atoms with Gasteiger partial charge in [0.1, 0.15) is 11.5 Å². The quantitative estimate of drug-likeness (QED) is 0.178. The standard InChI is InChI=1S/C54H34O/c1-3-18-38(19-4-1)53(39-20-5-2-6-21-39)47-27-13-14-28-50(47)55-51-29-15-24-40(52(51)53)37-30-31-43-44-32-35-16-7-8-17-36(35)33-49(44)54(48(43)34-37)45-25-11-9-22-41(45)42-23-10-12-26-46(42)54/h1-34H. The van der Waals surface area contributed by atoms with Gasteiger partial charge in [0.05, 0.1) is 10.8 Å². The molecule has 1 aliphatic heterocycles. The van der Waals surface area contributed by atoms with Gasteiger partial charge in [0.2, 0.25) is 0 Å². The molecule has 55 heavy (non-hydrogen) atoms. The lowest BCUT2D eigenvalue weighted by atomic mass is 9.62. The predicted octanol–water partition coefficient (Wildman–Crippen LogP) is 13.3. The zero-order valence-electron chi connectivity index (χ0n) is 30.0. The van der Waals surface area contributed by atoms with Crippen molar-refractivity contribution in [3.05, 3.63) is 251 Å². The van der Waals surface area contributed by atoms with E-state index < -0.39 is 10.8 Å². The summed E-state index contributed by atoms with van der Waals surface area (Å²) < 4.78 is 6.91. The van der Waals surface area contributed by atoms with Crippen molar-refractivity contribution in [1.29, 1.82) is 0 Å². The van der Waals surface area contributed by atoms with Crippen LogP contribution in [0.25, 0.3) is 44.2 Å². The van der Waals surface area contributed by atoms with Crippen LogP contribution in [0, 0.1) is 0 Å². The van der Waals surface area contributed by atoms with E-state index in [9.17, 15) is 0 Å². The second kappa shape index (κ2) is 11.3. The fourth-order valence-corrected chi connectivity index (χ4v) is 10.5. The summed E-state index contributed by atoms with van der Waals surface area (Å²) in [4.78, 5) is 0. The minimum atomic E-state index is -0.632. The highest BCUT2D eigenvalue weighted by Gasteiger charge is 2.52. The van der Waals surface area contributed by atoms with E-state index in [2.05, 4.69) is 206 Å². The Morgan fingerprint density at radius 3 is 1.49 bits per heavy atom. The fourth-order valence-electron chi connectivity index (χ4n) is 10.5. The number of fused-ring (bicyclic) bond motifs is 13. The van der Waals surface area contributed by atoms with E-state index >= 15 is 0 Å². The van der Waals surface area contributed by atoms with Crippen LogP contribution in [0.4, 0.5) is 0 Å². The molecule has 0 aromatic heterocycles. The highest BCUT2D eigenvalue weighted by Crippen LogP contribution is 2.64. The van der Waals surface area contributed by atoms with Crippen LogP contribution in [0.5, 0.6) is 11.5 Å². The summed E-state index contributed by atoms with van der Waals surface area (Å²) in [7, 11) is 0. The molecular weight excluding hydrogens is 665 g/mol. The van der Waals surface area contributed by atoms with E-state index in [-0.39, 0.29) is 0 Å². The Balaban J connectivity index is 1.20. The Kier molecular flexibility index (Phi) is 6.25. The minimum absolute atomic E-state index is 0.466. The van der Waals surface area contributed by atoms with Gasteiger partial charge in [-0.25, -0.2) is 0 Å². The van der Waals surface area contributed by atoms with Gasteiger partial charge in [-0.05, 0) is 108 Å². The molecule has 0 radical (unpaired) electrons. The van der Waals surface area contributed by atoms with Gasteiger partial charge >= 0.3 is 0 Å². The number of hydrogen-bond donors (Lipinski definition) is 0. The molecule has 0 saturated carbocycles. The maximum atomic E-state index is 6.91. The van der Waals surface area contributed by atoms with Crippen molar-refractivity contribution in [1.82, 2.24) is 0 Å². The van der Waals surface area contributed by atoms with Crippen LogP contribution in [0.3, 0.4) is 0 Å². The second-order valence-corrected chi connectivity index (χ2v) is 15.1. The molecule has 0 unspecified atom stereocenters. The lowest BCUT2D eigenvalue weighted by molar-refractivity contribution is 0.435. The molecule has 0 atom stereocenters. The monoisotopic (exact) mass is 698 g/mol. The number of benzene rings is 9. The third-order valence-electron chi connectivity index (χ3n) is 12.6. The van der Waals surface area contributed by atoms with Gasteiger partial charge in [0.25, 0.3) is 0 Å². The van der Waals surface area contributed by atoms with E-state index in [0.29, 0.717) is 0 Å². The van der Waals surface area contributed by atoms with Crippen LogP contribution in [0.15, 0.2) is 206 Å². The number of para-hydroxylation sites is 1. The molecule has 12 rings (SSSR count). The van der Waals surface area contributed by atoms with E-state index in [1.807, 2.05) is 0 Å². The Hall–Kier alpha value is -6.96. The molecule has 0 fully saturated rings. The van der Waals surface area contributed by atoms with Gasteiger partial charge in [-0.1, -0.05) is 176 Å². The smallest absolute Gasteiger partial charge is 0.132 e. The molecule has 0 amide bonds. The average molecular weight is 699 g/mol. The minimum Gasteiger partial charge on any atom is -0.457 e. The predicted molar refractivity (Wildman–Crippen MR) is 224 cm³/mol. The SMILES string of the molecule is c1ccc(C2(c3ccccc3)c3ccccc3Oc3cccc(-c4ccc5c(c4)C4(c6ccccc6-c6ccccc64)c4cc6ccccc6cc4-5)c32)cc1. The highest BCUT2D eigenvalue weighted by atomic mass is 16.5.